The van der Waals surface area contributed by atoms with Crippen molar-refractivity contribution in [2.75, 3.05) is 6.61 Å². The summed E-state index contributed by atoms with van der Waals surface area (Å²) in [7, 11) is 0. The minimum Gasteiger partial charge on any atom is -0.468 e. The molecule has 0 aliphatic heterocycles. The van der Waals surface area contributed by atoms with Crippen molar-refractivity contribution >= 4 is 11.7 Å². The standard InChI is InChI=1S/C16H13NO3/c1-3-19-16(18)12-8-10-13(11-9-12)20-15-7-5-4-6-14(15)17-2/h4-11H,3H2,1H3. The predicted molar refractivity (Wildman–Crippen MR) is 75.2 cm³/mol. The number of hydrogen-bond acceptors (Lipinski definition) is 3. The average molecular weight is 267 g/mol. The van der Waals surface area contributed by atoms with Crippen LogP contribution in [0, 0.1) is 6.57 Å². The van der Waals surface area contributed by atoms with Gasteiger partial charge in [0.15, 0.2) is 0 Å². The first-order valence-electron chi connectivity index (χ1n) is 6.16. The van der Waals surface area contributed by atoms with Crippen molar-refractivity contribution in [1.29, 1.82) is 0 Å². The Hall–Kier alpha value is -2.80. The number of esters is 1. The van der Waals surface area contributed by atoms with Crippen LogP contribution in [0.15, 0.2) is 48.5 Å². The molecule has 4 nitrogen and oxygen atoms in total. The molecule has 0 unspecified atom stereocenters. The number of benzene rings is 2. The van der Waals surface area contributed by atoms with Gasteiger partial charge in [0.25, 0.3) is 0 Å². The summed E-state index contributed by atoms with van der Waals surface area (Å²) in [5.41, 5.74) is 0.916. The van der Waals surface area contributed by atoms with Gasteiger partial charge >= 0.3 is 5.97 Å². The molecule has 0 aliphatic rings. The first-order valence-corrected chi connectivity index (χ1v) is 6.16. The van der Waals surface area contributed by atoms with Gasteiger partial charge < -0.3 is 9.47 Å². The van der Waals surface area contributed by atoms with E-state index in [0.717, 1.165) is 0 Å². The maximum atomic E-state index is 11.5. The molecule has 20 heavy (non-hydrogen) atoms. The topological polar surface area (TPSA) is 39.9 Å². The third kappa shape index (κ3) is 3.15. The Kier molecular flexibility index (Phi) is 4.35. The molecule has 4 heteroatoms. The number of nitrogens with zero attached hydrogens (tertiary/aromatic N) is 1. The van der Waals surface area contributed by atoms with Gasteiger partial charge in [-0.2, -0.15) is 0 Å². The summed E-state index contributed by atoms with van der Waals surface area (Å²) in [5.74, 6) is 0.696. The Morgan fingerprint density at radius 1 is 1.15 bits per heavy atom. The maximum absolute atomic E-state index is 11.5. The normalized spacial score (nSPS) is 9.60. The van der Waals surface area contributed by atoms with E-state index < -0.39 is 0 Å². The smallest absolute Gasteiger partial charge is 0.338 e. The van der Waals surface area contributed by atoms with Crippen LogP contribution in [-0.4, -0.2) is 12.6 Å². The molecule has 0 heterocycles. The van der Waals surface area contributed by atoms with E-state index in [1.54, 1.807) is 55.5 Å². The van der Waals surface area contributed by atoms with Crippen molar-refractivity contribution in [1.82, 2.24) is 0 Å². The fraction of sp³-hybridized carbons (Fsp3) is 0.125. The van der Waals surface area contributed by atoms with E-state index in [-0.39, 0.29) is 5.97 Å². The summed E-state index contributed by atoms with van der Waals surface area (Å²) in [5, 5.41) is 0. The molecular formula is C16H13NO3. The fourth-order valence-electron chi connectivity index (χ4n) is 1.64. The van der Waals surface area contributed by atoms with Gasteiger partial charge in [-0.15, -0.1) is 0 Å². The molecule has 0 atom stereocenters. The van der Waals surface area contributed by atoms with Crippen LogP contribution in [0.1, 0.15) is 17.3 Å². The van der Waals surface area contributed by atoms with Crippen molar-refractivity contribution in [2.24, 2.45) is 0 Å². The summed E-state index contributed by atoms with van der Waals surface area (Å²) in [6, 6.07) is 13.6. The monoisotopic (exact) mass is 267 g/mol. The van der Waals surface area contributed by atoms with Crippen LogP contribution in [0.2, 0.25) is 0 Å². The van der Waals surface area contributed by atoms with Crippen LogP contribution in [0.25, 0.3) is 4.85 Å². The number of para-hydroxylation sites is 2. The van der Waals surface area contributed by atoms with Gasteiger partial charge in [-0.05, 0) is 37.3 Å². The Bertz CT molecular complexity index is 642. The van der Waals surface area contributed by atoms with E-state index in [2.05, 4.69) is 4.85 Å². The molecule has 2 rings (SSSR count). The zero-order valence-electron chi connectivity index (χ0n) is 11.0. The molecule has 0 amide bonds. The van der Waals surface area contributed by atoms with Crippen LogP contribution < -0.4 is 4.74 Å². The highest BCUT2D eigenvalue weighted by atomic mass is 16.5. The van der Waals surface area contributed by atoms with Gasteiger partial charge in [0, 0.05) is 0 Å². The fourth-order valence-corrected chi connectivity index (χ4v) is 1.64. The quantitative estimate of drug-likeness (QED) is 0.615. The summed E-state index contributed by atoms with van der Waals surface area (Å²) < 4.78 is 10.5. The third-order valence-corrected chi connectivity index (χ3v) is 2.58. The second-order valence-corrected chi connectivity index (χ2v) is 3.93. The highest BCUT2D eigenvalue weighted by Crippen LogP contribution is 2.31. The van der Waals surface area contributed by atoms with E-state index in [0.29, 0.717) is 29.4 Å². The number of rotatable bonds is 4. The molecule has 2 aromatic carbocycles. The molecule has 100 valence electrons. The largest absolute Gasteiger partial charge is 0.468 e. The van der Waals surface area contributed by atoms with Gasteiger partial charge in [-0.1, -0.05) is 18.2 Å². The Morgan fingerprint density at radius 3 is 2.50 bits per heavy atom. The van der Waals surface area contributed by atoms with Crippen LogP contribution >= 0.6 is 0 Å². The van der Waals surface area contributed by atoms with Crippen LogP contribution in [0.4, 0.5) is 5.69 Å². The molecule has 0 saturated carbocycles. The lowest BCUT2D eigenvalue weighted by Crippen LogP contribution is -2.03. The predicted octanol–water partition coefficient (Wildman–Crippen LogP) is 4.21. The van der Waals surface area contributed by atoms with E-state index in [9.17, 15) is 4.79 Å². The molecule has 0 saturated heterocycles. The molecule has 0 bridgehead atoms. The zero-order valence-corrected chi connectivity index (χ0v) is 11.0. The number of carbonyl (C=O) groups excluding carboxylic acids is 1. The van der Waals surface area contributed by atoms with Crippen molar-refractivity contribution in [2.45, 2.75) is 6.92 Å². The molecule has 0 fully saturated rings. The van der Waals surface area contributed by atoms with Gasteiger partial charge in [0.1, 0.15) is 11.5 Å². The lowest BCUT2D eigenvalue weighted by atomic mass is 10.2. The van der Waals surface area contributed by atoms with E-state index in [1.165, 1.54) is 0 Å². The van der Waals surface area contributed by atoms with Gasteiger partial charge in [0.2, 0.25) is 5.69 Å². The second-order valence-electron chi connectivity index (χ2n) is 3.93. The molecule has 0 aliphatic carbocycles. The molecular weight excluding hydrogens is 254 g/mol. The summed E-state index contributed by atoms with van der Waals surface area (Å²) in [6.07, 6.45) is 0. The summed E-state index contributed by atoms with van der Waals surface area (Å²) >= 11 is 0. The highest BCUT2D eigenvalue weighted by Gasteiger charge is 2.07. The summed E-state index contributed by atoms with van der Waals surface area (Å²) in [6.45, 7) is 9.17. The Balaban J connectivity index is 2.15. The maximum Gasteiger partial charge on any atom is 0.338 e. The minimum atomic E-state index is -0.361. The first-order chi connectivity index (χ1) is 9.74. The Morgan fingerprint density at radius 2 is 1.85 bits per heavy atom. The zero-order chi connectivity index (χ0) is 14.4. The van der Waals surface area contributed by atoms with E-state index >= 15 is 0 Å². The van der Waals surface area contributed by atoms with Crippen molar-refractivity contribution in [3.8, 4) is 11.5 Å². The average Bonchev–Trinajstić information content (AvgIpc) is 2.49. The molecule has 0 N–H and O–H groups in total. The highest BCUT2D eigenvalue weighted by molar-refractivity contribution is 5.89. The van der Waals surface area contributed by atoms with Gasteiger partial charge in [-0.3, -0.25) is 0 Å². The van der Waals surface area contributed by atoms with Crippen LogP contribution in [0.5, 0.6) is 11.5 Å². The molecule has 0 radical (unpaired) electrons. The van der Waals surface area contributed by atoms with Crippen LogP contribution in [-0.2, 0) is 4.74 Å². The number of hydrogen-bond donors (Lipinski definition) is 0. The van der Waals surface area contributed by atoms with Crippen molar-refractivity contribution < 1.29 is 14.3 Å². The van der Waals surface area contributed by atoms with Gasteiger partial charge in [0.05, 0.1) is 18.7 Å². The number of ether oxygens (including phenoxy) is 2. The van der Waals surface area contributed by atoms with Crippen LogP contribution in [0.3, 0.4) is 0 Å². The summed E-state index contributed by atoms with van der Waals surface area (Å²) in [4.78, 5) is 14.9. The first kappa shape index (κ1) is 13.6. The molecule has 2 aromatic rings. The van der Waals surface area contributed by atoms with E-state index in [4.69, 9.17) is 16.0 Å². The second kappa shape index (κ2) is 6.39. The van der Waals surface area contributed by atoms with E-state index in [1.807, 2.05) is 0 Å². The number of carbonyl (C=O) groups is 1. The molecule has 0 spiro atoms. The van der Waals surface area contributed by atoms with Gasteiger partial charge in [-0.25, -0.2) is 9.64 Å². The SMILES string of the molecule is [C-]#[N+]c1ccccc1Oc1ccc(C(=O)OCC)cc1. The van der Waals surface area contributed by atoms with Crippen molar-refractivity contribution in [3.63, 3.8) is 0 Å². The lowest BCUT2D eigenvalue weighted by molar-refractivity contribution is 0.0526. The lowest BCUT2D eigenvalue weighted by Gasteiger charge is -2.08. The third-order valence-electron chi connectivity index (χ3n) is 2.58. The van der Waals surface area contributed by atoms with Crippen molar-refractivity contribution in [3.05, 3.63) is 65.5 Å². The molecule has 0 aromatic heterocycles. The Labute approximate surface area is 117 Å². The minimum absolute atomic E-state index is 0.343.